The van der Waals surface area contributed by atoms with Crippen LogP contribution in [0, 0.1) is 12.8 Å². The molecule has 6 nitrogen and oxygen atoms in total. The van der Waals surface area contributed by atoms with Crippen LogP contribution in [0.15, 0.2) is 42.5 Å². The Morgan fingerprint density at radius 1 is 1.07 bits per heavy atom. The Kier molecular flexibility index (Phi) is 7.18. The van der Waals surface area contributed by atoms with E-state index in [-0.39, 0.29) is 28.3 Å². The second-order valence-electron chi connectivity index (χ2n) is 7.02. The van der Waals surface area contributed by atoms with Gasteiger partial charge in [-0.25, -0.2) is 0 Å². The summed E-state index contributed by atoms with van der Waals surface area (Å²) in [4.78, 5) is 36.7. The number of carbonyl (C=O) groups excluding carboxylic acids is 3. The number of nitrogens with one attached hydrogen (secondary N) is 2. The van der Waals surface area contributed by atoms with E-state index in [9.17, 15) is 14.4 Å². The molecule has 2 aromatic rings. The van der Waals surface area contributed by atoms with Crippen LogP contribution < -0.4 is 16.4 Å². The van der Waals surface area contributed by atoms with Gasteiger partial charge >= 0.3 is 0 Å². The van der Waals surface area contributed by atoms with E-state index in [2.05, 4.69) is 10.6 Å². The van der Waals surface area contributed by atoms with Crippen molar-refractivity contribution in [3.63, 3.8) is 0 Å². The topological polar surface area (TPSA) is 101 Å². The minimum atomic E-state index is -0.721. The zero-order valence-electron chi connectivity index (χ0n) is 16.1. The molecule has 0 heterocycles. The Hall–Kier alpha value is -2.86. The maximum Gasteiger partial charge on any atom is 0.252 e. The summed E-state index contributed by atoms with van der Waals surface area (Å²) >= 11 is 6.03. The van der Waals surface area contributed by atoms with Crippen molar-refractivity contribution in [1.82, 2.24) is 5.32 Å². The second-order valence-corrected chi connectivity index (χ2v) is 7.43. The minimum Gasteiger partial charge on any atom is -0.366 e. The lowest BCUT2D eigenvalue weighted by molar-refractivity contribution is -0.118. The fourth-order valence-electron chi connectivity index (χ4n) is 2.79. The van der Waals surface area contributed by atoms with Gasteiger partial charge in [0.25, 0.3) is 5.91 Å². The van der Waals surface area contributed by atoms with Crippen LogP contribution in [0.4, 0.5) is 5.69 Å². The maximum atomic E-state index is 12.8. The third-order valence-electron chi connectivity index (χ3n) is 4.22. The van der Waals surface area contributed by atoms with Crippen LogP contribution in [0.2, 0.25) is 5.02 Å². The minimum absolute atomic E-state index is 0.148. The molecule has 2 aromatic carbocycles. The highest BCUT2D eigenvalue weighted by Crippen LogP contribution is 2.21. The zero-order valence-corrected chi connectivity index (χ0v) is 16.8. The van der Waals surface area contributed by atoms with E-state index >= 15 is 0 Å². The molecular weight excluding hydrogens is 378 g/mol. The molecule has 1 atom stereocenters. The SMILES string of the molecule is Cc1ccccc1C(=O)NC(CC(C)C)C(=O)Nc1ccc(C(N)=O)c(Cl)c1. The van der Waals surface area contributed by atoms with Crippen molar-refractivity contribution in [2.75, 3.05) is 5.32 Å². The number of primary amides is 1. The first kappa shape index (κ1) is 21.4. The molecule has 0 radical (unpaired) electrons. The summed E-state index contributed by atoms with van der Waals surface area (Å²) in [5.41, 5.74) is 7.18. The molecule has 0 aliphatic carbocycles. The number of halogens is 1. The van der Waals surface area contributed by atoms with E-state index in [1.54, 1.807) is 18.2 Å². The Balaban J connectivity index is 2.17. The van der Waals surface area contributed by atoms with Gasteiger partial charge in [-0.05, 0) is 49.1 Å². The van der Waals surface area contributed by atoms with E-state index in [0.717, 1.165) is 5.56 Å². The van der Waals surface area contributed by atoms with Gasteiger partial charge < -0.3 is 16.4 Å². The summed E-state index contributed by atoms with van der Waals surface area (Å²) in [5.74, 6) is -1.13. The lowest BCUT2D eigenvalue weighted by Gasteiger charge is -2.21. The fourth-order valence-corrected chi connectivity index (χ4v) is 3.06. The van der Waals surface area contributed by atoms with Crippen molar-refractivity contribution in [2.24, 2.45) is 11.7 Å². The molecule has 0 saturated carbocycles. The summed E-state index contributed by atoms with van der Waals surface area (Å²) in [6.07, 6.45) is 0.469. The van der Waals surface area contributed by atoms with Gasteiger partial charge in [0, 0.05) is 11.3 Å². The average molecular weight is 402 g/mol. The third kappa shape index (κ3) is 5.57. The van der Waals surface area contributed by atoms with Crippen molar-refractivity contribution >= 4 is 35.0 Å². The summed E-state index contributed by atoms with van der Waals surface area (Å²) in [6, 6.07) is 10.9. The molecule has 2 rings (SSSR count). The van der Waals surface area contributed by atoms with Gasteiger partial charge in [-0.15, -0.1) is 0 Å². The molecule has 4 N–H and O–H groups in total. The molecule has 148 valence electrons. The fraction of sp³-hybridized carbons (Fsp3) is 0.286. The molecule has 28 heavy (non-hydrogen) atoms. The maximum absolute atomic E-state index is 12.8. The standard InChI is InChI=1S/C21H24ClN3O3/c1-12(2)10-18(25-20(27)15-7-5-4-6-13(15)3)21(28)24-14-8-9-16(19(23)26)17(22)11-14/h4-9,11-12,18H,10H2,1-3H3,(H2,23,26)(H,24,28)(H,25,27). The summed E-state index contributed by atoms with van der Waals surface area (Å²) in [6.45, 7) is 5.78. The summed E-state index contributed by atoms with van der Waals surface area (Å²) in [7, 11) is 0. The van der Waals surface area contributed by atoms with Gasteiger partial charge in [0.2, 0.25) is 11.8 Å². The quantitative estimate of drug-likeness (QED) is 0.661. The molecule has 0 aliphatic heterocycles. The van der Waals surface area contributed by atoms with E-state index in [4.69, 9.17) is 17.3 Å². The van der Waals surface area contributed by atoms with Crippen molar-refractivity contribution in [3.8, 4) is 0 Å². The number of amides is 3. The van der Waals surface area contributed by atoms with E-state index in [1.165, 1.54) is 12.1 Å². The highest BCUT2D eigenvalue weighted by Gasteiger charge is 2.23. The van der Waals surface area contributed by atoms with Crippen molar-refractivity contribution < 1.29 is 14.4 Å². The third-order valence-corrected chi connectivity index (χ3v) is 4.53. The van der Waals surface area contributed by atoms with Gasteiger partial charge in [0.05, 0.1) is 10.6 Å². The Morgan fingerprint density at radius 2 is 1.75 bits per heavy atom. The molecule has 0 bridgehead atoms. The van der Waals surface area contributed by atoms with Gasteiger partial charge in [0.15, 0.2) is 0 Å². The largest absolute Gasteiger partial charge is 0.366 e. The number of aryl methyl sites for hydroxylation is 1. The molecule has 3 amide bonds. The van der Waals surface area contributed by atoms with Crippen molar-refractivity contribution in [3.05, 3.63) is 64.2 Å². The van der Waals surface area contributed by atoms with Crippen molar-refractivity contribution in [2.45, 2.75) is 33.2 Å². The first-order chi connectivity index (χ1) is 13.2. The van der Waals surface area contributed by atoms with Gasteiger partial charge in [-0.2, -0.15) is 0 Å². The molecule has 1 unspecified atom stereocenters. The molecule has 0 spiro atoms. The molecule has 7 heteroatoms. The molecule has 0 fully saturated rings. The predicted molar refractivity (Wildman–Crippen MR) is 110 cm³/mol. The number of carbonyl (C=O) groups is 3. The molecule has 0 aliphatic rings. The number of anilines is 1. The van der Waals surface area contributed by atoms with Crippen molar-refractivity contribution in [1.29, 1.82) is 0 Å². The molecule has 0 aromatic heterocycles. The lowest BCUT2D eigenvalue weighted by atomic mass is 10.0. The van der Waals surface area contributed by atoms with Crippen LogP contribution >= 0.6 is 11.6 Å². The number of hydrogen-bond donors (Lipinski definition) is 3. The highest BCUT2D eigenvalue weighted by molar-refractivity contribution is 6.34. The van der Waals surface area contributed by atoms with E-state index < -0.39 is 11.9 Å². The number of hydrogen-bond acceptors (Lipinski definition) is 3. The first-order valence-electron chi connectivity index (χ1n) is 8.95. The number of rotatable bonds is 7. The average Bonchev–Trinajstić information content (AvgIpc) is 2.60. The number of benzene rings is 2. The van der Waals surface area contributed by atoms with Gasteiger partial charge in [-0.3, -0.25) is 14.4 Å². The van der Waals surface area contributed by atoms with Crippen LogP contribution in [0.3, 0.4) is 0 Å². The monoisotopic (exact) mass is 401 g/mol. The lowest BCUT2D eigenvalue weighted by Crippen LogP contribution is -2.44. The van der Waals surface area contributed by atoms with E-state index in [1.807, 2.05) is 32.9 Å². The molecule has 0 saturated heterocycles. The van der Waals surface area contributed by atoms with Gasteiger partial charge in [-0.1, -0.05) is 43.6 Å². The highest BCUT2D eigenvalue weighted by atomic mass is 35.5. The second kappa shape index (κ2) is 9.37. The van der Waals surface area contributed by atoms with Crippen LogP contribution in [-0.4, -0.2) is 23.8 Å². The predicted octanol–water partition coefficient (Wildman–Crippen LogP) is 3.53. The van der Waals surface area contributed by atoms with Crippen LogP contribution in [0.25, 0.3) is 0 Å². The summed E-state index contributed by atoms with van der Waals surface area (Å²) in [5, 5.41) is 5.70. The van der Waals surface area contributed by atoms with Crippen LogP contribution in [0.1, 0.15) is 46.5 Å². The normalized spacial score (nSPS) is 11.8. The summed E-state index contributed by atoms with van der Waals surface area (Å²) < 4.78 is 0. The first-order valence-corrected chi connectivity index (χ1v) is 9.33. The van der Waals surface area contributed by atoms with Gasteiger partial charge in [0.1, 0.15) is 6.04 Å². The smallest absolute Gasteiger partial charge is 0.252 e. The van der Waals surface area contributed by atoms with Crippen LogP contribution in [0.5, 0.6) is 0 Å². The number of nitrogens with two attached hydrogens (primary N) is 1. The zero-order chi connectivity index (χ0) is 20.8. The Labute approximate surface area is 169 Å². The Morgan fingerprint density at radius 3 is 2.32 bits per heavy atom. The Bertz CT molecular complexity index is 896. The molecular formula is C21H24ClN3O3. The van der Waals surface area contributed by atoms with E-state index in [0.29, 0.717) is 17.7 Å². The van der Waals surface area contributed by atoms with Crippen LogP contribution in [-0.2, 0) is 4.79 Å².